The van der Waals surface area contributed by atoms with Crippen molar-refractivity contribution in [3.63, 3.8) is 0 Å². The third kappa shape index (κ3) is 1.57. The average Bonchev–Trinajstić information content (AvgIpc) is 2.85. The number of halogens is 2. The van der Waals surface area contributed by atoms with Crippen molar-refractivity contribution in [1.82, 2.24) is 9.38 Å². The number of imidazole rings is 1. The Morgan fingerprint density at radius 2 is 2.00 bits per heavy atom. The third-order valence-electron chi connectivity index (χ3n) is 2.39. The standard InChI is InChI=1S/C11H6Cl2N2O2/c12-8-5-4-7(17-8)11-14-10(13)6-2-1-3-9(16)15(6)11/h1-5,16H. The van der Waals surface area contributed by atoms with Crippen molar-refractivity contribution in [2.75, 3.05) is 0 Å². The zero-order valence-corrected chi connectivity index (χ0v) is 9.90. The number of aromatic nitrogens is 2. The lowest BCUT2D eigenvalue weighted by molar-refractivity contribution is 0.445. The molecular formula is C11H6Cl2N2O2. The Balaban J connectivity index is 2.37. The number of fused-ring (bicyclic) bond motifs is 1. The van der Waals surface area contributed by atoms with Gasteiger partial charge in [0.1, 0.15) is 0 Å². The number of hydrogen-bond acceptors (Lipinski definition) is 3. The number of hydrogen-bond donors (Lipinski definition) is 1. The van der Waals surface area contributed by atoms with Crippen LogP contribution in [-0.2, 0) is 0 Å². The second-order valence-electron chi connectivity index (χ2n) is 3.43. The first-order valence-electron chi connectivity index (χ1n) is 4.78. The lowest BCUT2D eigenvalue weighted by atomic mass is 10.4. The molecule has 0 aliphatic heterocycles. The van der Waals surface area contributed by atoms with Gasteiger partial charge in [0.2, 0.25) is 0 Å². The molecule has 0 bridgehead atoms. The fraction of sp³-hybridized carbons (Fsp3) is 0. The number of furan rings is 1. The van der Waals surface area contributed by atoms with E-state index in [1.807, 2.05) is 0 Å². The van der Waals surface area contributed by atoms with Gasteiger partial charge in [0.15, 0.2) is 27.8 Å². The lowest BCUT2D eigenvalue weighted by Crippen LogP contribution is -1.88. The van der Waals surface area contributed by atoms with Gasteiger partial charge in [-0.25, -0.2) is 4.98 Å². The molecule has 0 spiro atoms. The van der Waals surface area contributed by atoms with E-state index < -0.39 is 0 Å². The first-order valence-corrected chi connectivity index (χ1v) is 5.54. The quantitative estimate of drug-likeness (QED) is 0.734. The molecule has 4 nitrogen and oxygen atoms in total. The van der Waals surface area contributed by atoms with E-state index >= 15 is 0 Å². The molecule has 0 saturated carbocycles. The minimum absolute atomic E-state index is 0.0319. The largest absolute Gasteiger partial charge is 0.494 e. The molecule has 3 heterocycles. The minimum Gasteiger partial charge on any atom is -0.494 e. The third-order valence-corrected chi connectivity index (χ3v) is 2.87. The SMILES string of the molecule is Oc1cccc2c(Cl)nc(-c3ccc(Cl)o3)n12. The Kier molecular flexibility index (Phi) is 2.28. The van der Waals surface area contributed by atoms with Crippen LogP contribution in [0.4, 0.5) is 0 Å². The minimum atomic E-state index is 0.0319. The van der Waals surface area contributed by atoms with Crippen molar-refractivity contribution in [2.45, 2.75) is 0 Å². The Labute approximate surface area is 106 Å². The molecule has 17 heavy (non-hydrogen) atoms. The van der Waals surface area contributed by atoms with Crippen molar-refractivity contribution < 1.29 is 9.52 Å². The number of pyridine rings is 1. The molecular weight excluding hydrogens is 263 g/mol. The molecule has 3 aromatic rings. The van der Waals surface area contributed by atoms with E-state index in [-0.39, 0.29) is 11.1 Å². The maximum absolute atomic E-state index is 9.82. The summed E-state index contributed by atoms with van der Waals surface area (Å²) in [6.45, 7) is 0. The summed E-state index contributed by atoms with van der Waals surface area (Å²) in [5.41, 5.74) is 0.606. The molecule has 0 saturated heterocycles. The Morgan fingerprint density at radius 3 is 2.71 bits per heavy atom. The Morgan fingerprint density at radius 1 is 1.18 bits per heavy atom. The topological polar surface area (TPSA) is 50.7 Å². The van der Waals surface area contributed by atoms with Crippen LogP contribution >= 0.6 is 23.2 Å². The molecule has 0 unspecified atom stereocenters. The molecule has 0 atom stereocenters. The highest BCUT2D eigenvalue weighted by Crippen LogP contribution is 2.31. The summed E-state index contributed by atoms with van der Waals surface area (Å²) >= 11 is 11.7. The fourth-order valence-electron chi connectivity index (χ4n) is 1.68. The highest BCUT2D eigenvalue weighted by Gasteiger charge is 2.16. The molecule has 0 aromatic carbocycles. The highest BCUT2D eigenvalue weighted by atomic mass is 35.5. The van der Waals surface area contributed by atoms with E-state index in [0.29, 0.717) is 22.3 Å². The van der Waals surface area contributed by atoms with Gasteiger partial charge in [0.25, 0.3) is 0 Å². The van der Waals surface area contributed by atoms with Gasteiger partial charge >= 0.3 is 0 Å². The van der Waals surface area contributed by atoms with Crippen LogP contribution < -0.4 is 0 Å². The van der Waals surface area contributed by atoms with Gasteiger partial charge in [-0.15, -0.1) is 0 Å². The van der Waals surface area contributed by atoms with Crippen molar-refractivity contribution in [3.8, 4) is 17.5 Å². The van der Waals surface area contributed by atoms with E-state index in [9.17, 15) is 5.11 Å². The smallest absolute Gasteiger partial charge is 0.197 e. The first-order chi connectivity index (χ1) is 8.16. The van der Waals surface area contributed by atoms with Gasteiger partial charge in [-0.3, -0.25) is 4.40 Å². The molecule has 6 heteroatoms. The summed E-state index contributed by atoms with van der Waals surface area (Å²) in [6, 6.07) is 8.25. The average molecular weight is 269 g/mol. The van der Waals surface area contributed by atoms with Gasteiger partial charge in [-0.05, 0) is 35.9 Å². The highest BCUT2D eigenvalue weighted by molar-refractivity contribution is 6.33. The molecule has 0 fully saturated rings. The fourth-order valence-corrected chi connectivity index (χ4v) is 2.06. The normalized spacial score (nSPS) is 11.2. The molecule has 1 N–H and O–H groups in total. The molecule has 0 radical (unpaired) electrons. The second-order valence-corrected chi connectivity index (χ2v) is 4.17. The number of aromatic hydroxyl groups is 1. The van der Waals surface area contributed by atoms with Gasteiger partial charge in [0.05, 0.1) is 5.52 Å². The Bertz CT molecular complexity index is 703. The molecule has 86 valence electrons. The second kappa shape index (κ2) is 3.68. The summed E-state index contributed by atoms with van der Waals surface area (Å²) in [6.07, 6.45) is 0. The van der Waals surface area contributed by atoms with E-state index in [1.54, 1.807) is 30.3 Å². The van der Waals surface area contributed by atoms with Crippen LogP contribution in [0, 0.1) is 0 Å². The molecule has 3 rings (SSSR count). The van der Waals surface area contributed by atoms with E-state index in [4.69, 9.17) is 27.6 Å². The molecule has 0 aliphatic rings. The maximum atomic E-state index is 9.82. The van der Waals surface area contributed by atoms with Crippen LogP contribution in [0.15, 0.2) is 34.7 Å². The summed E-state index contributed by atoms with van der Waals surface area (Å²) < 4.78 is 6.76. The van der Waals surface area contributed by atoms with Crippen molar-refractivity contribution in [3.05, 3.63) is 40.7 Å². The van der Waals surface area contributed by atoms with Crippen LogP contribution in [0.3, 0.4) is 0 Å². The lowest BCUT2D eigenvalue weighted by Gasteiger charge is -2.00. The van der Waals surface area contributed by atoms with Crippen LogP contribution in [-0.4, -0.2) is 14.5 Å². The van der Waals surface area contributed by atoms with Gasteiger partial charge in [-0.2, -0.15) is 0 Å². The van der Waals surface area contributed by atoms with Crippen molar-refractivity contribution >= 4 is 28.7 Å². The molecule has 3 aromatic heterocycles. The first kappa shape index (κ1) is 10.5. The van der Waals surface area contributed by atoms with E-state index in [1.165, 1.54) is 4.40 Å². The number of nitrogens with zero attached hydrogens (tertiary/aromatic N) is 2. The van der Waals surface area contributed by atoms with Gasteiger partial charge < -0.3 is 9.52 Å². The van der Waals surface area contributed by atoms with Gasteiger partial charge in [0, 0.05) is 0 Å². The van der Waals surface area contributed by atoms with E-state index in [2.05, 4.69) is 4.98 Å². The predicted octanol–water partition coefficient (Wildman–Crippen LogP) is 3.61. The van der Waals surface area contributed by atoms with Crippen LogP contribution in [0.5, 0.6) is 5.88 Å². The summed E-state index contributed by atoms with van der Waals surface area (Å²) in [7, 11) is 0. The number of rotatable bonds is 1. The maximum Gasteiger partial charge on any atom is 0.197 e. The monoisotopic (exact) mass is 268 g/mol. The summed E-state index contributed by atoms with van der Waals surface area (Å²) in [5.74, 6) is 0.887. The Hall–Kier alpha value is -1.65. The van der Waals surface area contributed by atoms with Crippen molar-refractivity contribution in [1.29, 1.82) is 0 Å². The summed E-state index contributed by atoms with van der Waals surface area (Å²) in [4.78, 5) is 4.15. The summed E-state index contributed by atoms with van der Waals surface area (Å²) in [5, 5.41) is 10.4. The zero-order valence-electron chi connectivity index (χ0n) is 8.39. The van der Waals surface area contributed by atoms with Crippen LogP contribution in [0.2, 0.25) is 10.4 Å². The van der Waals surface area contributed by atoms with Gasteiger partial charge in [-0.1, -0.05) is 17.7 Å². The van der Waals surface area contributed by atoms with Crippen LogP contribution in [0.1, 0.15) is 0 Å². The predicted molar refractivity (Wildman–Crippen MR) is 64.6 cm³/mol. The van der Waals surface area contributed by atoms with Crippen LogP contribution in [0.25, 0.3) is 17.1 Å². The van der Waals surface area contributed by atoms with E-state index in [0.717, 1.165) is 0 Å². The zero-order chi connectivity index (χ0) is 12.0. The molecule has 0 aliphatic carbocycles. The molecule has 0 amide bonds. The van der Waals surface area contributed by atoms with Crippen molar-refractivity contribution in [2.24, 2.45) is 0 Å².